The molecule has 0 radical (unpaired) electrons. The lowest BCUT2D eigenvalue weighted by atomic mass is 9.92. The van der Waals surface area contributed by atoms with Gasteiger partial charge in [0.05, 0.1) is 4.92 Å². The molecular formula is C14H17ClN2O3. The van der Waals surface area contributed by atoms with Crippen molar-refractivity contribution in [1.82, 2.24) is 4.90 Å². The number of halogens is 1. The lowest BCUT2D eigenvalue weighted by molar-refractivity contribution is -0.386. The van der Waals surface area contributed by atoms with Gasteiger partial charge in [-0.1, -0.05) is 18.1 Å². The van der Waals surface area contributed by atoms with Crippen LogP contribution in [0.3, 0.4) is 0 Å². The first-order valence-electron chi connectivity index (χ1n) is 6.15. The summed E-state index contributed by atoms with van der Waals surface area (Å²) in [6, 6.07) is 6.34. The Kier molecular flexibility index (Phi) is 5.37. The SMILES string of the molecule is C#CC1(Oc2ccccc2[N+](=O)[O-])CCN(C)CC1.Cl. The summed E-state index contributed by atoms with van der Waals surface area (Å²) in [5.41, 5.74) is -0.783. The first-order valence-corrected chi connectivity index (χ1v) is 6.15. The van der Waals surface area contributed by atoms with Gasteiger partial charge in [0.1, 0.15) is 0 Å². The molecule has 2 rings (SSSR count). The molecule has 0 N–H and O–H groups in total. The molecule has 0 saturated carbocycles. The Morgan fingerprint density at radius 3 is 2.55 bits per heavy atom. The Hall–Kier alpha value is -1.77. The summed E-state index contributed by atoms with van der Waals surface area (Å²) < 4.78 is 5.83. The molecule has 20 heavy (non-hydrogen) atoms. The minimum Gasteiger partial charge on any atom is -0.467 e. The van der Waals surface area contributed by atoms with E-state index in [9.17, 15) is 10.1 Å². The highest BCUT2D eigenvalue weighted by molar-refractivity contribution is 5.85. The van der Waals surface area contributed by atoms with Crippen molar-refractivity contribution in [3.63, 3.8) is 0 Å². The highest BCUT2D eigenvalue weighted by Gasteiger charge is 2.35. The first-order chi connectivity index (χ1) is 9.06. The molecule has 5 nitrogen and oxygen atoms in total. The van der Waals surface area contributed by atoms with Crippen LogP contribution in [0.25, 0.3) is 0 Å². The third-order valence-electron chi connectivity index (χ3n) is 3.43. The zero-order valence-electron chi connectivity index (χ0n) is 11.2. The van der Waals surface area contributed by atoms with Crippen LogP contribution >= 0.6 is 12.4 Å². The van der Waals surface area contributed by atoms with Gasteiger partial charge in [-0.15, -0.1) is 18.8 Å². The summed E-state index contributed by atoms with van der Waals surface area (Å²) in [5, 5.41) is 11.0. The number of likely N-dealkylation sites (tertiary alicyclic amines) is 1. The van der Waals surface area contributed by atoms with Crippen molar-refractivity contribution in [2.75, 3.05) is 20.1 Å². The van der Waals surface area contributed by atoms with Gasteiger partial charge >= 0.3 is 5.69 Å². The van der Waals surface area contributed by atoms with Crippen LogP contribution in [-0.4, -0.2) is 35.6 Å². The van der Waals surface area contributed by atoms with Crippen LogP contribution in [-0.2, 0) is 0 Å². The summed E-state index contributed by atoms with van der Waals surface area (Å²) in [5.74, 6) is 2.93. The number of nitro benzene ring substituents is 1. The maximum absolute atomic E-state index is 11.0. The van der Waals surface area contributed by atoms with Crippen LogP contribution < -0.4 is 4.74 Å². The van der Waals surface area contributed by atoms with Gasteiger partial charge in [-0.25, -0.2) is 0 Å². The number of benzene rings is 1. The van der Waals surface area contributed by atoms with Gasteiger partial charge in [-0.3, -0.25) is 10.1 Å². The molecule has 1 fully saturated rings. The number of nitrogens with zero attached hydrogens (tertiary/aromatic N) is 2. The Labute approximate surface area is 124 Å². The van der Waals surface area contributed by atoms with Gasteiger partial charge < -0.3 is 9.64 Å². The summed E-state index contributed by atoms with van der Waals surface area (Å²) in [6.45, 7) is 1.65. The number of nitro groups is 1. The molecular weight excluding hydrogens is 280 g/mol. The average Bonchev–Trinajstić information content (AvgIpc) is 2.42. The molecule has 108 valence electrons. The lowest BCUT2D eigenvalue weighted by Crippen LogP contribution is -2.45. The smallest absolute Gasteiger partial charge is 0.310 e. The number of piperidine rings is 1. The molecule has 1 heterocycles. The maximum atomic E-state index is 11.0. The summed E-state index contributed by atoms with van der Waals surface area (Å²) in [6.07, 6.45) is 6.94. The van der Waals surface area contributed by atoms with Crippen LogP contribution in [0, 0.1) is 22.5 Å². The van der Waals surface area contributed by atoms with Crippen LogP contribution in [0.15, 0.2) is 24.3 Å². The second-order valence-electron chi connectivity index (χ2n) is 4.77. The van der Waals surface area contributed by atoms with E-state index in [2.05, 4.69) is 10.8 Å². The fourth-order valence-corrected chi connectivity index (χ4v) is 2.16. The first kappa shape index (κ1) is 16.3. The van der Waals surface area contributed by atoms with Crippen LogP contribution in [0.5, 0.6) is 5.75 Å². The number of hydrogen-bond donors (Lipinski definition) is 0. The van der Waals surface area contributed by atoms with Gasteiger partial charge in [0.15, 0.2) is 11.4 Å². The molecule has 1 aliphatic rings. The van der Waals surface area contributed by atoms with E-state index >= 15 is 0 Å². The molecule has 1 aromatic rings. The largest absolute Gasteiger partial charge is 0.467 e. The quantitative estimate of drug-likeness (QED) is 0.488. The van der Waals surface area contributed by atoms with E-state index in [0.717, 1.165) is 13.1 Å². The average molecular weight is 297 g/mol. The van der Waals surface area contributed by atoms with E-state index in [0.29, 0.717) is 12.8 Å². The Balaban J connectivity index is 0.00000200. The van der Waals surface area contributed by atoms with Crippen molar-refractivity contribution < 1.29 is 9.66 Å². The van der Waals surface area contributed by atoms with E-state index in [1.165, 1.54) is 6.07 Å². The van der Waals surface area contributed by atoms with E-state index < -0.39 is 10.5 Å². The van der Waals surface area contributed by atoms with Crippen molar-refractivity contribution in [2.24, 2.45) is 0 Å². The van der Waals surface area contributed by atoms with E-state index in [-0.39, 0.29) is 23.8 Å². The van der Waals surface area contributed by atoms with Crippen molar-refractivity contribution >= 4 is 18.1 Å². The molecule has 1 aliphatic heterocycles. The number of para-hydroxylation sites is 2. The molecule has 1 aromatic carbocycles. The molecule has 0 atom stereocenters. The van der Waals surface area contributed by atoms with Gasteiger partial charge in [-0.2, -0.15) is 0 Å². The number of ether oxygens (including phenoxy) is 1. The van der Waals surface area contributed by atoms with Crippen molar-refractivity contribution in [3.8, 4) is 18.1 Å². The van der Waals surface area contributed by atoms with Crippen LogP contribution in [0.1, 0.15) is 12.8 Å². The van der Waals surface area contributed by atoms with Crippen molar-refractivity contribution in [1.29, 1.82) is 0 Å². The highest BCUT2D eigenvalue weighted by Crippen LogP contribution is 2.33. The number of hydrogen-bond acceptors (Lipinski definition) is 4. The minimum absolute atomic E-state index is 0. The number of rotatable bonds is 3. The monoisotopic (exact) mass is 296 g/mol. The molecule has 0 aromatic heterocycles. The number of terminal acetylenes is 1. The topological polar surface area (TPSA) is 55.6 Å². The second kappa shape index (κ2) is 6.60. The summed E-state index contributed by atoms with van der Waals surface area (Å²) >= 11 is 0. The molecule has 0 amide bonds. The molecule has 0 spiro atoms. The molecule has 0 bridgehead atoms. The van der Waals surface area contributed by atoms with Crippen LogP contribution in [0.2, 0.25) is 0 Å². The van der Waals surface area contributed by atoms with Crippen molar-refractivity contribution in [2.45, 2.75) is 18.4 Å². The summed E-state index contributed by atoms with van der Waals surface area (Å²) in [7, 11) is 2.02. The fourth-order valence-electron chi connectivity index (χ4n) is 2.16. The van der Waals surface area contributed by atoms with Gasteiger partial charge in [0.2, 0.25) is 0 Å². The molecule has 0 unspecified atom stereocenters. The highest BCUT2D eigenvalue weighted by atomic mass is 35.5. The fraction of sp³-hybridized carbons (Fsp3) is 0.429. The van der Waals surface area contributed by atoms with E-state index in [1.807, 2.05) is 7.05 Å². The van der Waals surface area contributed by atoms with E-state index in [4.69, 9.17) is 11.2 Å². The predicted octanol–water partition coefficient (Wildman–Crippen LogP) is 2.49. The van der Waals surface area contributed by atoms with Gasteiger partial charge in [0, 0.05) is 32.0 Å². The third-order valence-corrected chi connectivity index (χ3v) is 3.43. The van der Waals surface area contributed by atoms with E-state index in [1.54, 1.807) is 18.2 Å². The maximum Gasteiger partial charge on any atom is 0.310 e. The Morgan fingerprint density at radius 2 is 2.00 bits per heavy atom. The minimum atomic E-state index is -0.737. The predicted molar refractivity (Wildman–Crippen MR) is 79.3 cm³/mol. The third kappa shape index (κ3) is 3.41. The normalized spacial score (nSPS) is 17.6. The second-order valence-corrected chi connectivity index (χ2v) is 4.77. The molecule has 1 saturated heterocycles. The lowest BCUT2D eigenvalue weighted by Gasteiger charge is -2.36. The van der Waals surface area contributed by atoms with Gasteiger partial charge in [-0.05, 0) is 13.1 Å². The molecule has 0 aliphatic carbocycles. The zero-order valence-corrected chi connectivity index (χ0v) is 12.1. The molecule has 6 heteroatoms. The zero-order chi connectivity index (χ0) is 13.9. The Bertz CT molecular complexity index is 519. The van der Waals surface area contributed by atoms with Crippen molar-refractivity contribution in [3.05, 3.63) is 34.4 Å². The standard InChI is InChI=1S/C14H16N2O3.ClH/c1-3-14(8-10-15(2)11-9-14)19-13-7-5-4-6-12(13)16(17)18;/h1,4-7H,8-11H2,2H3;1H. The summed E-state index contributed by atoms with van der Waals surface area (Å²) in [4.78, 5) is 12.7. The Morgan fingerprint density at radius 1 is 1.40 bits per heavy atom. The van der Waals surface area contributed by atoms with Gasteiger partial charge in [0.25, 0.3) is 0 Å². The van der Waals surface area contributed by atoms with Crippen LogP contribution in [0.4, 0.5) is 5.69 Å².